The standard InChI is InChI=1S/C16H17Br2O4PS/c1-3-20-23(19,21-4-2)22-13-7-5-12(6-8-13)15-10-9-14(24-15)11-16(17)18/h5-11H,3-4H2,1-2H3. The van der Waals surface area contributed by atoms with Crippen molar-refractivity contribution in [2.75, 3.05) is 13.2 Å². The van der Waals surface area contributed by atoms with Gasteiger partial charge >= 0.3 is 7.82 Å². The maximum atomic E-state index is 12.4. The zero-order chi connectivity index (χ0) is 17.6. The summed E-state index contributed by atoms with van der Waals surface area (Å²) in [6, 6.07) is 11.5. The fourth-order valence-corrected chi connectivity index (χ4v) is 4.85. The summed E-state index contributed by atoms with van der Waals surface area (Å²) in [5, 5.41) is 0. The number of hydrogen-bond donors (Lipinski definition) is 0. The molecule has 2 rings (SSSR count). The second-order valence-corrected chi connectivity index (χ2v) is 10.0. The van der Waals surface area contributed by atoms with Gasteiger partial charge in [-0.25, -0.2) is 4.57 Å². The molecule has 1 aromatic carbocycles. The van der Waals surface area contributed by atoms with Crippen LogP contribution in [0.3, 0.4) is 0 Å². The molecule has 130 valence electrons. The number of thiophene rings is 1. The van der Waals surface area contributed by atoms with Gasteiger partial charge in [0.25, 0.3) is 0 Å². The minimum absolute atomic E-state index is 0.254. The van der Waals surface area contributed by atoms with Crippen LogP contribution in [0.5, 0.6) is 5.75 Å². The molecule has 0 aliphatic carbocycles. The molecule has 0 N–H and O–H groups in total. The predicted molar refractivity (Wildman–Crippen MR) is 107 cm³/mol. The summed E-state index contributed by atoms with van der Waals surface area (Å²) in [4.78, 5) is 2.26. The zero-order valence-corrected chi connectivity index (χ0v) is 18.1. The van der Waals surface area contributed by atoms with Gasteiger partial charge in [0.2, 0.25) is 0 Å². The molecule has 8 heteroatoms. The van der Waals surface area contributed by atoms with Gasteiger partial charge in [0.05, 0.1) is 16.6 Å². The van der Waals surface area contributed by atoms with Crippen LogP contribution in [-0.2, 0) is 13.6 Å². The first-order valence-corrected chi connectivity index (χ1v) is 11.1. The van der Waals surface area contributed by atoms with Crippen LogP contribution in [-0.4, -0.2) is 13.2 Å². The third-order valence-corrected chi connectivity index (χ3v) is 5.93. The van der Waals surface area contributed by atoms with Crippen molar-refractivity contribution in [1.29, 1.82) is 0 Å². The molecule has 0 radical (unpaired) electrons. The smallest absolute Gasteiger partial charge is 0.404 e. The molecule has 0 saturated heterocycles. The van der Waals surface area contributed by atoms with Crippen molar-refractivity contribution in [2.45, 2.75) is 13.8 Å². The average molecular weight is 496 g/mol. The Morgan fingerprint density at radius 1 is 1.08 bits per heavy atom. The van der Waals surface area contributed by atoms with E-state index in [0.717, 1.165) is 18.7 Å². The second-order valence-electron chi connectivity index (χ2n) is 4.53. The Morgan fingerprint density at radius 3 is 2.25 bits per heavy atom. The highest BCUT2D eigenvalue weighted by Crippen LogP contribution is 2.49. The van der Waals surface area contributed by atoms with Gasteiger partial charge < -0.3 is 4.52 Å². The van der Waals surface area contributed by atoms with Gasteiger partial charge in [0.1, 0.15) is 5.75 Å². The third-order valence-electron chi connectivity index (χ3n) is 2.81. The highest BCUT2D eigenvalue weighted by molar-refractivity contribution is 9.28. The van der Waals surface area contributed by atoms with Gasteiger partial charge in [0.15, 0.2) is 0 Å². The van der Waals surface area contributed by atoms with Crippen LogP contribution < -0.4 is 4.52 Å². The molecule has 1 aromatic heterocycles. The molecule has 0 aliphatic heterocycles. The summed E-state index contributed by atoms with van der Waals surface area (Å²) in [6.07, 6.45) is 1.99. The van der Waals surface area contributed by atoms with Gasteiger partial charge in [-0.2, -0.15) is 0 Å². The van der Waals surface area contributed by atoms with Crippen molar-refractivity contribution in [1.82, 2.24) is 0 Å². The summed E-state index contributed by atoms with van der Waals surface area (Å²) in [5.74, 6) is 0.448. The van der Waals surface area contributed by atoms with Gasteiger partial charge in [0, 0.05) is 9.75 Å². The molecule has 0 fully saturated rings. The van der Waals surface area contributed by atoms with Crippen LogP contribution in [0.15, 0.2) is 39.8 Å². The van der Waals surface area contributed by atoms with Crippen molar-refractivity contribution < 1.29 is 18.1 Å². The number of benzene rings is 1. The third kappa shape index (κ3) is 5.83. The number of halogens is 2. The number of phosphoric acid groups is 1. The average Bonchev–Trinajstić information content (AvgIpc) is 2.96. The first-order valence-electron chi connectivity index (χ1n) is 7.27. The molecule has 2 aromatic rings. The zero-order valence-electron chi connectivity index (χ0n) is 13.2. The molecule has 0 unspecified atom stereocenters. The highest BCUT2D eigenvalue weighted by Gasteiger charge is 2.27. The summed E-state index contributed by atoms with van der Waals surface area (Å²) >= 11 is 8.38. The van der Waals surface area contributed by atoms with Gasteiger partial charge in [-0.1, -0.05) is 0 Å². The Kier molecular flexibility index (Phi) is 7.72. The van der Waals surface area contributed by atoms with Crippen molar-refractivity contribution >= 4 is 57.1 Å². The first-order chi connectivity index (χ1) is 11.5. The Labute approximate surface area is 162 Å². The van der Waals surface area contributed by atoms with E-state index in [-0.39, 0.29) is 13.2 Å². The summed E-state index contributed by atoms with van der Waals surface area (Å²) in [5.41, 5.74) is 1.06. The quantitative estimate of drug-likeness (QED) is 0.367. The summed E-state index contributed by atoms with van der Waals surface area (Å²) in [7, 11) is -3.56. The predicted octanol–water partition coefficient (Wildman–Crippen LogP) is 7.06. The molecule has 1 heterocycles. The Morgan fingerprint density at radius 2 is 1.71 bits per heavy atom. The lowest BCUT2D eigenvalue weighted by atomic mass is 10.2. The molecule has 0 saturated carbocycles. The molecule has 24 heavy (non-hydrogen) atoms. The molecule has 0 bridgehead atoms. The molecular weight excluding hydrogens is 479 g/mol. The first kappa shape index (κ1) is 19.9. The number of rotatable bonds is 8. The van der Waals surface area contributed by atoms with E-state index >= 15 is 0 Å². The van der Waals surface area contributed by atoms with Gasteiger partial charge in [-0.15, -0.1) is 11.3 Å². The van der Waals surface area contributed by atoms with E-state index in [1.165, 1.54) is 0 Å². The van der Waals surface area contributed by atoms with Crippen LogP contribution in [0.4, 0.5) is 0 Å². The van der Waals surface area contributed by atoms with Crippen LogP contribution in [0.1, 0.15) is 18.7 Å². The minimum Gasteiger partial charge on any atom is -0.404 e. The normalized spacial score (nSPS) is 11.3. The lowest BCUT2D eigenvalue weighted by molar-refractivity contribution is 0.167. The van der Waals surface area contributed by atoms with Crippen molar-refractivity contribution in [2.24, 2.45) is 0 Å². The van der Waals surface area contributed by atoms with E-state index in [9.17, 15) is 4.57 Å². The molecule has 0 spiro atoms. The second kappa shape index (κ2) is 9.32. The Bertz CT molecular complexity index is 729. The minimum atomic E-state index is -3.56. The summed E-state index contributed by atoms with van der Waals surface area (Å²) in [6.45, 7) is 3.99. The van der Waals surface area contributed by atoms with Gasteiger partial charge in [-0.3, -0.25) is 9.05 Å². The number of phosphoric ester groups is 1. The lowest BCUT2D eigenvalue weighted by Crippen LogP contribution is -2.02. The van der Waals surface area contributed by atoms with E-state index in [4.69, 9.17) is 13.6 Å². The lowest BCUT2D eigenvalue weighted by Gasteiger charge is -2.17. The largest absolute Gasteiger partial charge is 0.530 e. The van der Waals surface area contributed by atoms with Crippen LogP contribution in [0.25, 0.3) is 16.5 Å². The SMILES string of the molecule is CCOP(=O)(OCC)Oc1ccc(-c2ccc(C=C(Br)Br)s2)cc1. The van der Waals surface area contributed by atoms with Crippen LogP contribution >= 0.6 is 51.0 Å². The molecular formula is C16H17Br2O4PS. The molecule has 0 aliphatic rings. The van der Waals surface area contributed by atoms with Crippen molar-refractivity contribution in [3.05, 3.63) is 44.7 Å². The fraction of sp³-hybridized carbons (Fsp3) is 0.250. The van der Waals surface area contributed by atoms with Gasteiger partial charge in [-0.05, 0) is 93.7 Å². The molecule has 0 amide bonds. The van der Waals surface area contributed by atoms with Crippen LogP contribution in [0.2, 0.25) is 0 Å². The van der Waals surface area contributed by atoms with Crippen molar-refractivity contribution in [3.63, 3.8) is 0 Å². The molecule has 0 atom stereocenters. The summed E-state index contributed by atoms with van der Waals surface area (Å²) < 4.78 is 28.9. The Balaban J connectivity index is 2.14. The van der Waals surface area contributed by atoms with E-state index in [0.29, 0.717) is 5.75 Å². The molecule has 4 nitrogen and oxygen atoms in total. The highest BCUT2D eigenvalue weighted by atomic mass is 79.9. The van der Waals surface area contributed by atoms with E-state index in [1.54, 1.807) is 37.3 Å². The van der Waals surface area contributed by atoms with Crippen LogP contribution in [0, 0.1) is 0 Å². The number of hydrogen-bond acceptors (Lipinski definition) is 5. The van der Waals surface area contributed by atoms with E-state index in [2.05, 4.69) is 37.9 Å². The van der Waals surface area contributed by atoms with E-state index < -0.39 is 7.82 Å². The topological polar surface area (TPSA) is 44.8 Å². The maximum Gasteiger partial charge on any atom is 0.530 e. The Hall–Kier alpha value is -0.430. The van der Waals surface area contributed by atoms with Crippen molar-refractivity contribution in [3.8, 4) is 16.2 Å². The maximum absolute atomic E-state index is 12.4. The monoisotopic (exact) mass is 494 g/mol. The fourth-order valence-electron chi connectivity index (χ4n) is 1.91. The van der Waals surface area contributed by atoms with E-state index in [1.807, 2.05) is 24.3 Å².